The summed E-state index contributed by atoms with van der Waals surface area (Å²) >= 11 is 0. The first-order valence-corrected chi connectivity index (χ1v) is 6.75. The molecule has 0 saturated heterocycles. The lowest BCUT2D eigenvalue weighted by molar-refractivity contribution is 0.668. The average Bonchev–Trinajstić information content (AvgIpc) is 2.30. The van der Waals surface area contributed by atoms with E-state index in [4.69, 9.17) is 0 Å². The smallest absolute Gasteiger partial charge is 0.0285 e. The van der Waals surface area contributed by atoms with Gasteiger partial charge in [-0.1, -0.05) is 75.5 Å². The minimum absolute atomic E-state index is 1.15. The molecule has 0 radical (unpaired) electrons. The van der Waals surface area contributed by atoms with Crippen LogP contribution < -0.4 is 0 Å². The molecule has 0 aliphatic carbocycles. The van der Waals surface area contributed by atoms with E-state index < -0.39 is 0 Å². The van der Waals surface area contributed by atoms with Crippen molar-refractivity contribution in [2.45, 2.75) is 65.7 Å². The molecule has 0 rings (SSSR count). The van der Waals surface area contributed by atoms with Crippen molar-refractivity contribution in [1.29, 1.82) is 0 Å². The first-order valence-electron chi connectivity index (χ1n) is 6.75. The maximum atomic E-state index is 4.10. The van der Waals surface area contributed by atoms with E-state index in [9.17, 15) is 0 Å². The highest BCUT2D eigenvalue weighted by Crippen LogP contribution is 2.12. The maximum Gasteiger partial charge on any atom is -0.0285 e. The summed E-state index contributed by atoms with van der Waals surface area (Å²) in [6.45, 7) is 10.7. The highest BCUT2D eigenvalue weighted by Gasteiger charge is 1.92. The zero-order valence-electron chi connectivity index (χ0n) is 11.4. The Bertz CT molecular complexity index is 230. The molecule has 0 bridgehead atoms. The average molecular weight is 220 g/mol. The van der Waals surface area contributed by atoms with E-state index in [1.807, 2.05) is 0 Å². The first kappa shape index (κ1) is 15.2. The highest BCUT2D eigenvalue weighted by atomic mass is 14.0. The Kier molecular flexibility index (Phi) is 10.2. The minimum atomic E-state index is 1.15. The van der Waals surface area contributed by atoms with Gasteiger partial charge in [0, 0.05) is 0 Å². The van der Waals surface area contributed by atoms with E-state index in [1.54, 1.807) is 0 Å². The van der Waals surface area contributed by atoms with Gasteiger partial charge in [-0.3, -0.25) is 0 Å². The van der Waals surface area contributed by atoms with Gasteiger partial charge >= 0.3 is 0 Å². The first-order chi connectivity index (χ1) is 7.74. The summed E-state index contributed by atoms with van der Waals surface area (Å²) in [5, 5.41) is 0. The fourth-order valence-corrected chi connectivity index (χ4v) is 1.70. The van der Waals surface area contributed by atoms with Crippen molar-refractivity contribution in [2.75, 3.05) is 0 Å². The van der Waals surface area contributed by atoms with Crippen LogP contribution in [-0.4, -0.2) is 0 Å². The van der Waals surface area contributed by atoms with Gasteiger partial charge in [0.2, 0.25) is 0 Å². The van der Waals surface area contributed by atoms with Crippen LogP contribution in [0.5, 0.6) is 0 Å². The van der Waals surface area contributed by atoms with E-state index >= 15 is 0 Å². The van der Waals surface area contributed by atoms with Crippen LogP contribution >= 0.6 is 0 Å². The molecule has 0 aliphatic rings. The van der Waals surface area contributed by atoms with Crippen molar-refractivity contribution in [3.05, 3.63) is 36.0 Å². The summed E-state index contributed by atoms with van der Waals surface area (Å²) < 4.78 is 0. The lowest BCUT2D eigenvalue weighted by atomic mass is 10.1. The number of hydrogen-bond donors (Lipinski definition) is 0. The number of hydrogen-bond acceptors (Lipinski definition) is 0. The van der Waals surface area contributed by atoms with Gasteiger partial charge in [0.15, 0.2) is 0 Å². The molecule has 0 fully saturated rings. The van der Waals surface area contributed by atoms with Crippen molar-refractivity contribution in [3.63, 3.8) is 0 Å². The predicted molar refractivity (Wildman–Crippen MR) is 75.7 cm³/mol. The molecule has 0 aromatic heterocycles. The summed E-state index contributed by atoms with van der Waals surface area (Å²) in [6, 6.07) is 0. The summed E-state index contributed by atoms with van der Waals surface area (Å²) in [5.74, 6) is 0. The molecular formula is C16H28. The van der Waals surface area contributed by atoms with E-state index in [-0.39, 0.29) is 0 Å². The van der Waals surface area contributed by atoms with Crippen molar-refractivity contribution in [3.8, 4) is 0 Å². The third-order valence-corrected chi connectivity index (χ3v) is 2.79. The van der Waals surface area contributed by atoms with Crippen LogP contribution in [0.3, 0.4) is 0 Å². The molecule has 0 aliphatic heterocycles. The SMILES string of the molecule is C=C(C=CC(=CC)CCC)CCCCCC. The van der Waals surface area contributed by atoms with Gasteiger partial charge in [-0.05, 0) is 26.2 Å². The molecule has 0 nitrogen and oxygen atoms in total. The van der Waals surface area contributed by atoms with E-state index in [2.05, 4.69) is 45.6 Å². The molecule has 0 aromatic carbocycles. The van der Waals surface area contributed by atoms with E-state index in [1.165, 1.54) is 49.7 Å². The van der Waals surface area contributed by atoms with Crippen LogP contribution in [0.25, 0.3) is 0 Å². The van der Waals surface area contributed by atoms with Gasteiger partial charge in [-0.15, -0.1) is 0 Å². The Morgan fingerprint density at radius 2 is 1.69 bits per heavy atom. The van der Waals surface area contributed by atoms with Crippen molar-refractivity contribution in [2.24, 2.45) is 0 Å². The Morgan fingerprint density at radius 1 is 0.938 bits per heavy atom. The van der Waals surface area contributed by atoms with Crippen LogP contribution in [0, 0.1) is 0 Å². The highest BCUT2D eigenvalue weighted by molar-refractivity contribution is 5.25. The Morgan fingerprint density at radius 3 is 2.25 bits per heavy atom. The quantitative estimate of drug-likeness (QED) is 0.339. The minimum Gasteiger partial charge on any atom is -0.0958 e. The Labute approximate surface area is 102 Å². The molecule has 16 heavy (non-hydrogen) atoms. The van der Waals surface area contributed by atoms with Crippen molar-refractivity contribution in [1.82, 2.24) is 0 Å². The van der Waals surface area contributed by atoms with Crippen LogP contribution in [0.1, 0.15) is 65.7 Å². The molecule has 0 heterocycles. The summed E-state index contributed by atoms with van der Waals surface area (Å²) in [4.78, 5) is 0. The van der Waals surface area contributed by atoms with Crippen LogP contribution in [-0.2, 0) is 0 Å². The van der Waals surface area contributed by atoms with Gasteiger partial charge in [-0.25, -0.2) is 0 Å². The van der Waals surface area contributed by atoms with E-state index in [0.29, 0.717) is 0 Å². The third kappa shape index (κ3) is 8.52. The molecule has 0 aromatic rings. The van der Waals surface area contributed by atoms with Crippen molar-refractivity contribution < 1.29 is 0 Å². The second-order valence-electron chi connectivity index (χ2n) is 4.42. The zero-order valence-corrected chi connectivity index (χ0v) is 11.4. The van der Waals surface area contributed by atoms with Gasteiger partial charge in [0.1, 0.15) is 0 Å². The van der Waals surface area contributed by atoms with Gasteiger partial charge < -0.3 is 0 Å². The maximum absolute atomic E-state index is 4.10. The fraction of sp³-hybridized carbons (Fsp3) is 0.625. The number of allylic oxidation sites excluding steroid dienone is 5. The standard InChI is InChI=1S/C16H28/c1-5-8-9-10-12-15(4)13-14-16(7-3)11-6-2/h7,13-14H,4-6,8-12H2,1-3H3. The number of rotatable bonds is 9. The zero-order chi connectivity index (χ0) is 12.2. The monoisotopic (exact) mass is 220 g/mol. The van der Waals surface area contributed by atoms with E-state index in [0.717, 1.165) is 6.42 Å². The molecule has 92 valence electrons. The second-order valence-corrected chi connectivity index (χ2v) is 4.42. The molecule has 0 heteroatoms. The van der Waals surface area contributed by atoms with Crippen molar-refractivity contribution >= 4 is 0 Å². The van der Waals surface area contributed by atoms with Crippen LogP contribution in [0.4, 0.5) is 0 Å². The topological polar surface area (TPSA) is 0 Å². The second kappa shape index (κ2) is 10.7. The summed E-state index contributed by atoms with van der Waals surface area (Å²) in [7, 11) is 0. The lowest BCUT2D eigenvalue weighted by Gasteiger charge is -2.01. The molecular weight excluding hydrogens is 192 g/mol. The predicted octanol–water partition coefficient (Wildman–Crippen LogP) is 5.82. The van der Waals surface area contributed by atoms with Gasteiger partial charge in [-0.2, -0.15) is 0 Å². The lowest BCUT2D eigenvalue weighted by Crippen LogP contribution is -1.81. The molecule has 0 spiro atoms. The molecule has 0 atom stereocenters. The Hall–Kier alpha value is -0.780. The third-order valence-electron chi connectivity index (χ3n) is 2.79. The summed E-state index contributed by atoms with van der Waals surface area (Å²) in [5.41, 5.74) is 2.70. The Balaban J connectivity index is 3.80. The molecule has 0 amide bonds. The van der Waals surface area contributed by atoms with Gasteiger partial charge in [0.25, 0.3) is 0 Å². The normalized spacial score (nSPS) is 12.3. The van der Waals surface area contributed by atoms with Crippen LogP contribution in [0.15, 0.2) is 36.0 Å². The van der Waals surface area contributed by atoms with Gasteiger partial charge in [0.05, 0.1) is 0 Å². The number of unbranched alkanes of at least 4 members (excludes halogenated alkanes) is 3. The largest absolute Gasteiger partial charge is 0.0958 e. The van der Waals surface area contributed by atoms with Crippen LogP contribution in [0.2, 0.25) is 0 Å². The fourth-order valence-electron chi connectivity index (χ4n) is 1.70. The molecule has 0 unspecified atom stereocenters. The molecule has 0 saturated carbocycles. The molecule has 0 N–H and O–H groups in total. The summed E-state index contributed by atoms with van der Waals surface area (Å²) in [6.07, 6.45) is 15.5.